The highest BCUT2D eigenvalue weighted by atomic mass is 15.2. The molecule has 84 valence electrons. The highest BCUT2D eigenvalue weighted by Gasteiger charge is 2.27. The lowest BCUT2D eigenvalue weighted by Gasteiger charge is -2.21. The van der Waals surface area contributed by atoms with Crippen LogP contribution in [0.2, 0.25) is 0 Å². The molecule has 1 unspecified atom stereocenters. The summed E-state index contributed by atoms with van der Waals surface area (Å²) in [4.78, 5) is 2.67. The number of rotatable bonds is 8. The Morgan fingerprint density at radius 1 is 1.29 bits per heavy atom. The molecule has 0 saturated heterocycles. The van der Waals surface area contributed by atoms with Crippen molar-refractivity contribution in [2.24, 2.45) is 5.73 Å². The average molecular weight is 198 g/mol. The third kappa shape index (κ3) is 4.97. The van der Waals surface area contributed by atoms with Crippen LogP contribution in [-0.2, 0) is 0 Å². The van der Waals surface area contributed by atoms with Gasteiger partial charge in [0.05, 0.1) is 0 Å². The van der Waals surface area contributed by atoms with Crippen LogP contribution in [0.25, 0.3) is 0 Å². The lowest BCUT2D eigenvalue weighted by Crippen LogP contribution is -2.29. The Morgan fingerprint density at radius 2 is 1.93 bits per heavy atom. The Labute approximate surface area is 88.8 Å². The molecule has 1 rings (SSSR count). The molecule has 0 aromatic heterocycles. The van der Waals surface area contributed by atoms with Crippen molar-refractivity contribution < 1.29 is 0 Å². The number of hydrogen-bond acceptors (Lipinski definition) is 2. The molecular formula is C12H26N2. The molecule has 0 aromatic carbocycles. The van der Waals surface area contributed by atoms with E-state index in [0.717, 1.165) is 6.04 Å². The molecule has 14 heavy (non-hydrogen) atoms. The van der Waals surface area contributed by atoms with E-state index in [2.05, 4.69) is 18.7 Å². The summed E-state index contributed by atoms with van der Waals surface area (Å²) >= 11 is 0. The summed E-state index contributed by atoms with van der Waals surface area (Å²) in [5.74, 6) is 0. The molecule has 2 N–H and O–H groups in total. The van der Waals surface area contributed by atoms with E-state index >= 15 is 0 Å². The van der Waals surface area contributed by atoms with Gasteiger partial charge in [-0.3, -0.25) is 0 Å². The van der Waals surface area contributed by atoms with E-state index in [1.54, 1.807) is 0 Å². The molecule has 1 saturated carbocycles. The Kier molecular flexibility index (Phi) is 5.49. The fourth-order valence-corrected chi connectivity index (χ4v) is 1.89. The lowest BCUT2D eigenvalue weighted by molar-refractivity contribution is 0.252. The van der Waals surface area contributed by atoms with Crippen molar-refractivity contribution >= 4 is 0 Å². The van der Waals surface area contributed by atoms with Crippen molar-refractivity contribution in [3.05, 3.63) is 0 Å². The van der Waals surface area contributed by atoms with E-state index in [1.807, 2.05) is 0 Å². The predicted octanol–water partition coefficient (Wildman–Crippen LogP) is 2.38. The van der Waals surface area contributed by atoms with Crippen LogP contribution in [-0.4, -0.2) is 30.1 Å². The molecule has 0 radical (unpaired) electrons. The zero-order valence-electron chi connectivity index (χ0n) is 9.84. The summed E-state index contributed by atoms with van der Waals surface area (Å²) in [6.07, 6.45) is 7.99. The van der Waals surface area contributed by atoms with Gasteiger partial charge < -0.3 is 10.6 Å². The molecule has 1 aliphatic rings. The van der Waals surface area contributed by atoms with Crippen LogP contribution in [0.15, 0.2) is 0 Å². The molecule has 1 fully saturated rings. The van der Waals surface area contributed by atoms with Crippen molar-refractivity contribution in [1.29, 1.82) is 0 Å². The topological polar surface area (TPSA) is 29.3 Å². The largest absolute Gasteiger partial charge is 0.328 e. The molecule has 0 bridgehead atoms. The van der Waals surface area contributed by atoms with Gasteiger partial charge in [0.25, 0.3) is 0 Å². The minimum atomic E-state index is 0.377. The highest BCUT2D eigenvalue weighted by molar-refractivity contribution is 4.84. The molecule has 0 spiro atoms. The van der Waals surface area contributed by atoms with Gasteiger partial charge in [0.15, 0.2) is 0 Å². The van der Waals surface area contributed by atoms with Gasteiger partial charge in [-0.1, -0.05) is 13.3 Å². The molecule has 2 heteroatoms. The second kappa shape index (κ2) is 6.41. The van der Waals surface area contributed by atoms with Crippen molar-refractivity contribution in [2.75, 3.05) is 13.1 Å². The quantitative estimate of drug-likeness (QED) is 0.649. The Morgan fingerprint density at radius 3 is 2.43 bits per heavy atom. The van der Waals surface area contributed by atoms with Crippen LogP contribution in [0, 0.1) is 0 Å². The molecule has 2 nitrogen and oxygen atoms in total. The number of unbranched alkanes of at least 4 members (excludes halogenated alkanes) is 1. The Balaban J connectivity index is 2.08. The summed E-state index contributed by atoms with van der Waals surface area (Å²) in [6, 6.07) is 1.30. The van der Waals surface area contributed by atoms with Crippen LogP contribution in [0.3, 0.4) is 0 Å². The molecule has 0 amide bonds. The van der Waals surface area contributed by atoms with Gasteiger partial charge in [-0.15, -0.1) is 0 Å². The normalized spacial score (nSPS) is 18.9. The molecular weight excluding hydrogens is 172 g/mol. The zero-order valence-corrected chi connectivity index (χ0v) is 9.84. The third-order valence-electron chi connectivity index (χ3n) is 2.97. The van der Waals surface area contributed by atoms with Gasteiger partial charge in [-0.25, -0.2) is 0 Å². The first kappa shape index (κ1) is 12.0. The van der Waals surface area contributed by atoms with Crippen LogP contribution >= 0.6 is 0 Å². The van der Waals surface area contributed by atoms with E-state index in [0.29, 0.717) is 6.04 Å². The van der Waals surface area contributed by atoms with Gasteiger partial charge in [0.2, 0.25) is 0 Å². The van der Waals surface area contributed by atoms with Gasteiger partial charge in [-0.05, 0) is 52.1 Å². The second-order valence-electron chi connectivity index (χ2n) is 4.74. The fourth-order valence-electron chi connectivity index (χ4n) is 1.89. The summed E-state index contributed by atoms with van der Waals surface area (Å²) in [5, 5.41) is 0. The third-order valence-corrected chi connectivity index (χ3v) is 2.97. The fraction of sp³-hybridized carbons (Fsp3) is 1.00. The SMILES string of the molecule is CCCCN(CCCC(C)N)C1CC1. The second-order valence-corrected chi connectivity index (χ2v) is 4.74. The highest BCUT2D eigenvalue weighted by Crippen LogP contribution is 2.27. The molecule has 1 atom stereocenters. The van der Waals surface area contributed by atoms with Gasteiger partial charge in [-0.2, -0.15) is 0 Å². The minimum Gasteiger partial charge on any atom is -0.328 e. The maximum absolute atomic E-state index is 5.75. The van der Waals surface area contributed by atoms with Gasteiger partial charge in [0.1, 0.15) is 0 Å². The average Bonchev–Trinajstić information content (AvgIpc) is 2.93. The predicted molar refractivity (Wildman–Crippen MR) is 62.4 cm³/mol. The minimum absolute atomic E-state index is 0.377. The molecule has 0 heterocycles. The van der Waals surface area contributed by atoms with Crippen molar-refractivity contribution in [2.45, 2.75) is 64.5 Å². The van der Waals surface area contributed by atoms with Crippen molar-refractivity contribution in [3.8, 4) is 0 Å². The zero-order chi connectivity index (χ0) is 10.4. The first-order valence-electron chi connectivity index (χ1n) is 6.23. The summed E-state index contributed by atoms with van der Waals surface area (Å²) in [5.41, 5.74) is 5.75. The van der Waals surface area contributed by atoms with E-state index in [9.17, 15) is 0 Å². The molecule has 0 aromatic rings. The first-order valence-corrected chi connectivity index (χ1v) is 6.23. The summed E-state index contributed by atoms with van der Waals surface area (Å²) < 4.78 is 0. The smallest absolute Gasteiger partial charge is 0.00964 e. The van der Waals surface area contributed by atoms with Crippen molar-refractivity contribution in [1.82, 2.24) is 4.90 Å². The van der Waals surface area contributed by atoms with Crippen LogP contribution in [0.1, 0.15) is 52.4 Å². The van der Waals surface area contributed by atoms with E-state index in [4.69, 9.17) is 5.73 Å². The maximum Gasteiger partial charge on any atom is 0.00964 e. The number of hydrogen-bond donors (Lipinski definition) is 1. The van der Waals surface area contributed by atoms with E-state index in [1.165, 1.54) is 51.6 Å². The van der Waals surface area contributed by atoms with E-state index in [-0.39, 0.29) is 0 Å². The number of nitrogens with two attached hydrogens (primary N) is 1. The first-order chi connectivity index (χ1) is 6.74. The monoisotopic (exact) mass is 198 g/mol. The summed E-state index contributed by atoms with van der Waals surface area (Å²) in [7, 11) is 0. The Hall–Kier alpha value is -0.0800. The van der Waals surface area contributed by atoms with Crippen molar-refractivity contribution in [3.63, 3.8) is 0 Å². The lowest BCUT2D eigenvalue weighted by atomic mass is 10.2. The standard InChI is InChI=1S/C12H26N2/c1-3-4-9-14(12-7-8-12)10-5-6-11(2)13/h11-12H,3-10,13H2,1-2H3. The molecule has 0 aliphatic heterocycles. The molecule has 1 aliphatic carbocycles. The number of nitrogens with zero attached hydrogens (tertiary/aromatic N) is 1. The van der Waals surface area contributed by atoms with Gasteiger partial charge in [0, 0.05) is 12.1 Å². The summed E-state index contributed by atoms with van der Waals surface area (Å²) in [6.45, 7) is 6.95. The van der Waals surface area contributed by atoms with Crippen LogP contribution in [0.4, 0.5) is 0 Å². The van der Waals surface area contributed by atoms with Gasteiger partial charge >= 0.3 is 0 Å². The maximum atomic E-state index is 5.75. The Bertz CT molecular complexity index is 141. The van der Waals surface area contributed by atoms with Crippen LogP contribution in [0.5, 0.6) is 0 Å². The van der Waals surface area contributed by atoms with E-state index < -0.39 is 0 Å². The van der Waals surface area contributed by atoms with Crippen LogP contribution < -0.4 is 5.73 Å².